The van der Waals surface area contributed by atoms with Gasteiger partial charge in [-0.1, -0.05) is 0 Å². The Kier molecular flexibility index (Phi) is 4.17. The molecule has 1 saturated carbocycles. The van der Waals surface area contributed by atoms with Crippen molar-refractivity contribution in [2.75, 3.05) is 38.3 Å². The van der Waals surface area contributed by atoms with Crippen LogP contribution in [0.25, 0.3) is 0 Å². The molecule has 1 aromatic rings. The highest BCUT2D eigenvalue weighted by Gasteiger charge is 2.37. The Balaban J connectivity index is 1.72. The molecule has 1 aliphatic heterocycles. The van der Waals surface area contributed by atoms with Crippen LogP contribution in [0.2, 0.25) is 0 Å². The van der Waals surface area contributed by atoms with Gasteiger partial charge in [0.05, 0.1) is 12.7 Å². The van der Waals surface area contributed by atoms with Crippen LogP contribution in [0, 0.1) is 11.8 Å². The number of anilines is 1. The summed E-state index contributed by atoms with van der Waals surface area (Å²) in [6.07, 6.45) is 1.18. The smallest absolute Gasteiger partial charge is 0.267 e. The zero-order valence-electron chi connectivity index (χ0n) is 12.6. The Labute approximate surface area is 129 Å². The summed E-state index contributed by atoms with van der Waals surface area (Å²) in [7, 11) is 1.69. The van der Waals surface area contributed by atoms with Crippen molar-refractivity contribution in [3.05, 3.63) is 17.8 Å². The van der Waals surface area contributed by atoms with Gasteiger partial charge in [0.25, 0.3) is 5.91 Å². The summed E-state index contributed by atoms with van der Waals surface area (Å²) >= 11 is 0. The molecule has 0 unspecified atom stereocenters. The first-order valence-electron chi connectivity index (χ1n) is 7.44. The van der Waals surface area contributed by atoms with Gasteiger partial charge < -0.3 is 25.2 Å². The number of nitrogens with zero attached hydrogens (tertiary/aromatic N) is 2. The van der Waals surface area contributed by atoms with Gasteiger partial charge in [-0.2, -0.15) is 0 Å². The Morgan fingerprint density at radius 2 is 2.23 bits per heavy atom. The summed E-state index contributed by atoms with van der Waals surface area (Å²) in [5, 5.41) is 9.08. The first kappa shape index (κ1) is 15.1. The van der Waals surface area contributed by atoms with Crippen LogP contribution < -0.4 is 15.4 Å². The van der Waals surface area contributed by atoms with Crippen molar-refractivity contribution < 1.29 is 19.4 Å². The molecule has 120 valence electrons. The van der Waals surface area contributed by atoms with Gasteiger partial charge in [-0.05, 0) is 30.4 Å². The molecule has 3 rings (SSSR count). The summed E-state index contributed by atoms with van der Waals surface area (Å²) in [6, 6.07) is 3.42. The summed E-state index contributed by atoms with van der Waals surface area (Å²) in [5.41, 5.74) is 6.33. The molecular weight excluding hydrogens is 286 g/mol. The van der Waals surface area contributed by atoms with E-state index in [2.05, 4.69) is 9.88 Å². The second-order valence-electron chi connectivity index (χ2n) is 5.90. The highest BCUT2D eigenvalue weighted by atomic mass is 16.5. The Morgan fingerprint density at radius 3 is 2.82 bits per heavy atom. The first-order valence-corrected chi connectivity index (χ1v) is 7.44. The van der Waals surface area contributed by atoms with Gasteiger partial charge in [0.2, 0.25) is 5.88 Å². The summed E-state index contributed by atoms with van der Waals surface area (Å²) in [6.45, 7) is 2.23. The quantitative estimate of drug-likeness (QED) is 0.737. The lowest BCUT2D eigenvalue weighted by atomic mass is 10.1. The number of hydrogen-bond donors (Lipinski definition) is 2. The number of methoxy groups -OCH3 is 1. The van der Waals surface area contributed by atoms with Gasteiger partial charge in [-0.3, -0.25) is 4.79 Å². The van der Waals surface area contributed by atoms with Crippen LogP contribution in [0.3, 0.4) is 0 Å². The van der Waals surface area contributed by atoms with Gasteiger partial charge in [-0.25, -0.2) is 4.98 Å². The Bertz CT molecular complexity index is 560. The van der Waals surface area contributed by atoms with Gasteiger partial charge in [0.15, 0.2) is 0 Å². The minimum absolute atomic E-state index is 0.192. The zero-order chi connectivity index (χ0) is 15.7. The fourth-order valence-corrected chi connectivity index (χ4v) is 2.63. The molecule has 7 heteroatoms. The molecule has 7 nitrogen and oxygen atoms in total. The largest absolute Gasteiger partial charge is 0.476 e. The molecule has 0 bridgehead atoms. The minimum atomic E-state index is -0.575. The van der Waals surface area contributed by atoms with Crippen molar-refractivity contribution in [2.45, 2.75) is 12.5 Å². The third kappa shape index (κ3) is 3.00. The Morgan fingerprint density at radius 1 is 1.45 bits per heavy atom. The molecule has 2 atom stereocenters. The van der Waals surface area contributed by atoms with Crippen molar-refractivity contribution >= 4 is 11.6 Å². The van der Waals surface area contributed by atoms with E-state index in [0.717, 1.165) is 25.2 Å². The van der Waals surface area contributed by atoms with Crippen molar-refractivity contribution in [2.24, 2.45) is 17.6 Å². The van der Waals surface area contributed by atoms with E-state index in [-0.39, 0.29) is 18.4 Å². The van der Waals surface area contributed by atoms with Crippen molar-refractivity contribution in [1.82, 2.24) is 4.98 Å². The van der Waals surface area contributed by atoms with E-state index in [1.165, 1.54) is 0 Å². The summed E-state index contributed by atoms with van der Waals surface area (Å²) in [5.74, 6) is 0.536. The fraction of sp³-hybridized carbons (Fsp3) is 0.600. The second kappa shape index (κ2) is 6.10. The number of hydrogen-bond acceptors (Lipinski definition) is 6. The third-order valence-corrected chi connectivity index (χ3v) is 4.35. The lowest BCUT2D eigenvalue weighted by molar-refractivity contribution is 0.0782. The lowest BCUT2D eigenvalue weighted by Crippen LogP contribution is -2.52. The van der Waals surface area contributed by atoms with Crippen molar-refractivity contribution in [3.8, 4) is 5.88 Å². The van der Waals surface area contributed by atoms with Crippen LogP contribution >= 0.6 is 0 Å². The molecule has 1 amide bonds. The number of carbonyl (C=O) groups excluding carboxylic acids is 1. The molecule has 3 N–H and O–H groups in total. The van der Waals surface area contributed by atoms with Crippen molar-refractivity contribution in [3.63, 3.8) is 0 Å². The van der Waals surface area contributed by atoms with Crippen LogP contribution in [0.4, 0.5) is 5.69 Å². The average Bonchev–Trinajstić information content (AvgIpc) is 3.23. The predicted octanol–water partition coefficient (Wildman–Crippen LogP) is 0.0227. The maximum atomic E-state index is 11.3. The third-order valence-electron chi connectivity index (χ3n) is 4.35. The van der Waals surface area contributed by atoms with Gasteiger partial charge in [0.1, 0.15) is 11.4 Å². The van der Waals surface area contributed by atoms with Gasteiger partial charge in [0, 0.05) is 26.8 Å². The van der Waals surface area contributed by atoms with Crippen LogP contribution in [0.15, 0.2) is 12.1 Å². The predicted molar refractivity (Wildman–Crippen MR) is 79.9 cm³/mol. The minimum Gasteiger partial charge on any atom is -0.476 e. The Hall–Kier alpha value is -1.86. The normalized spacial score (nSPS) is 24.0. The molecule has 1 aliphatic carbocycles. The molecular formula is C15H21N3O4. The number of primary amides is 1. The van der Waals surface area contributed by atoms with Gasteiger partial charge >= 0.3 is 0 Å². The number of ether oxygens (including phenoxy) is 2. The number of aliphatic hydroxyl groups excluding tert-OH is 1. The highest BCUT2D eigenvalue weighted by molar-refractivity contribution is 5.91. The summed E-state index contributed by atoms with van der Waals surface area (Å²) in [4.78, 5) is 17.6. The SMILES string of the molecule is COC1CN(c2ccc(C(N)=O)nc2OC[C@H]2C[C@H]2CO)C1. The monoisotopic (exact) mass is 307 g/mol. The topological polar surface area (TPSA) is 97.9 Å². The van der Waals surface area contributed by atoms with E-state index >= 15 is 0 Å². The number of pyridine rings is 1. The van der Waals surface area contributed by atoms with E-state index in [1.807, 2.05) is 6.07 Å². The van der Waals surface area contributed by atoms with Crippen LogP contribution in [-0.2, 0) is 4.74 Å². The zero-order valence-corrected chi connectivity index (χ0v) is 12.6. The standard InChI is InChI=1S/C15H21N3O4/c1-21-11-5-18(6-11)13-3-2-12(14(16)20)17-15(13)22-8-10-4-9(10)7-19/h2-3,9-11,19H,4-8H2,1H3,(H2,16,20)/t9-,10+/m0/s1. The van der Waals surface area contributed by atoms with Crippen LogP contribution in [0.5, 0.6) is 5.88 Å². The second-order valence-corrected chi connectivity index (χ2v) is 5.90. The number of rotatable bonds is 7. The maximum absolute atomic E-state index is 11.3. The molecule has 0 radical (unpaired) electrons. The van der Waals surface area contributed by atoms with E-state index < -0.39 is 5.91 Å². The van der Waals surface area contributed by atoms with E-state index in [4.69, 9.17) is 20.3 Å². The number of aliphatic hydroxyl groups is 1. The van der Waals surface area contributed by atoms with Gasteiger partial charge in [-0.15, -0.1) is 0 Å². The molecule has 1 saturated heterocycles. The molecule has 0 aromatic carbocycles. The first-order chi connectivity index (χ1) is 10.6. The van der Waals surface area contributed by atoms with Crippen LogP contribution in [-0.4, -0.2) is 55.5 Å². The molecule has 22 heavy (non-hydrogen) atoms. The molecule has 2 fully saturated rings. The molecule has 2 heterocycles. The number of nitrogens with two attached hydrogens (primary N) is 1. The number of amides is 1. The lowest BCUT2D eigenvalue weighted by Gasteiger charge is -2.40. The number of aromatic nitrogens is 1. The molecule has 2 aliphatic rings. The molecule has 1 aromatic heterocycles. The maximum Gasteiger partial charge on any atom is 0.267 e. The average molecular weight is 307 g/mol. The molecule has 0 spiro atoms. The fourth-order valence-electron chi connectivity index (χ4n) is 2.63. The van der Waals surface area contributed by atoms with E-state index in [9.17, 15) is 4.79 Å². The number of carbonyl (C=O) groups is 1. The van der Waals surface area contributed by atoms with Crippen molar-refractivity contribution in [1.29, 1.82) is 0 Å². The summed E-state index contributed by atoms with van der Waals surface area (Å²) < 4.78 is 11.1. The van der Waals surface area contributed by atoms with E-state index in [0.29, 0.717) is 24.3 Å². The highest BCUT2D eigenvalue weighted by Crippen LogP contribution is 2.39. The van der Waals surface area contributed by atoms with Crippen LogP contribution in [0.1, 0.15) is 16.9 Å². The van der Waals surface area contributed by atoms with E-state index in [1.54, 1.807) is 13.2 Å².